The van der Waals surface area contributed by atoms with E-state index in [0.717, 1.165) is 5.65 Å². The van der Waals surface area contributed by atoms with Gasteiger partial charge in [0.25, 0.3) is 0 Å². The first kappa shape index (κ1) is 14.8. The zero-order valence-electron chi connectivity index (χ0n) is 11.7. The van der Waals surface area contributed by atoms with Crippen LogP contribution in [0.25, 0.3) is 5.65 Å². The molecule has 0 saturated heterocycles. The highest BCUT2D eigenvalue weighted by Gasteiger charge is 2.34. The number of hydrogen-bond acceptors (Lipinski definition) is 5. The number of carboxylic acid groups (broad SMARTS) is 1. The van der Waals surface area contributed by atoms with Crippen molar-refractivity contribution in [3.63, 3.8) is 0 Å². The zero-order chi connectivity index (χ0) is 14.8. The third kappa shape index (κ3) is 3.10. The standard InChI is InChI=1S/C13H18N4O2S/c1-9(2)14-13(3,11(18)19)8-20-12-16-15-10-6-4-5-7-17(10)12/h4-7,9,14H,8H2,1-3H3,(H,18,19). The molecule has 0 aliphatic heterocycles. The van der Waals surface area contributed by atoms with E-state index in [1.165, 1.54) is 11.8 Å². The average molecular weight is 294 g/mol. The van der Waals surface area contributed by atoms with Crippen LogP contribution < -0.4 is 5.32 Å². The number of carboxylic acids is 1. The molecule has 0 bridgehead atoms. The van der Waals surface area contributed by atoms with E-state index in [1.807, 2.05) is 42.6 Å². The summed E-state index contributed by atoms with van der Waals surface area (Å²) in [5.41, 5.74) is -0.247. The number of nitrogens with one attached hydrogen (secondary N) is 1. The largest absolute Gasteiger partial charge is 0.480 e. The van der Waals surface area contributed by atoms with Crippen molar-refractivity contribution in [2.75, 3.05) is 5.75 Å². The number of aromatic nitrogens is 3. The molecule has 0 fully saturated rings. The van der Waals surface area contributed by atoms with Gasteiger partial charge in [-0.25, -0.2) is 0 Å². The Balaban J connectivity index is 2.15. The van der Waals surface area contributed by atoms with Gasteiger partial charge in [0, 0.05) is 18.0 Å². The lowest BCUT2D eigenvalue weighted by Crippen LogP contribution is -2.54. The van der Waals surface area contributed by atoms with E-state index in [-0.39, 0.29) is 6.04 Å². The maximum absolute atomic E-state index is 11.5. The number of thioether (sulfide) groups is 1. The molecule has 0 spiro atoms. The molecule has 108 valence electrons. The molecule has 0 aliphatic rings. The molecule has 2 aromatic rings. The van der Waals surface area contributed by atoms with Crippen LogP contribution in [0.15, 0.2) is 29.6 Å². The van der Waals surface area contributed by atoms with Gasteiger partial charge in [-0.3, -0.25) is 14.5 Å². The molecule has 2 rings (SSSR count). The fraction of sp³-hybridized carbons (Fsp3) is 0.462. The summed E-state index contributed by atoms with van der Waals surface area (Å²) < 4.78 is 1.85. The Morgan fingerprint density at radius 1 is 1.50 bits per heavy atom. The molecule has 1 unspecified atom stereocenters. The van der Waals surface area contributed by atoms with Crippen LogP contribution in [0.5, 0.6) is 0 Å². The Kier molecular flexibility index (Phi) is 4.29. The number of hydrogen-bond donors (Lipinski definition) is 2. The smallest absolute Gasteiger partial charge is 0.324 e. The maximum Gasteiger partial charge on any atom is 0.324 e. The van der Waals surface area contributed by atoms with Crippen LogP contribution in [0.4, 0.5) is 0 Å². The van der Waals surface area contributed by atoms with Crippen LogP contribution in [0.2, 0.25) is 0 Å². The Hall–Kier alpha value is -1.60. The van der Waals surface area contributed by atoms with Gasteiger partial charge in [-0.1, -0.05) is 17.8 Å². The van der Waals surface area contributed by atoms with E-state index in [1.54, 1.807) is 6.92 Å². The molecule has 1 atom stereocenters. The molecule has 0 amide bonds. The molecule has 2 N–H and O–H groups in total. The Morgan fingerprint density at radius 2 is 2.25 bits per heavy atom. The topological polar surface area (TPSA) is 79.5 Å². The Bertz CT molecular complexity index is 613. The first-order chi connectivity index (χ1) is 9.42. The van der Waals surface area contributed by atoms with Crippen LogP contribution in [0.1, 0.15) is 20.8 Å². The van der Waals surface area contributed by atoms with E-state index in [0.29, 0.717) is 10.9 Å². The van der Waals surface area contributed by atoms with Crippen molar-refractivity contribution < 1.29 is 9.90 Å². The summed E-state index contributed by atoms with van der Waals surface area (Å²) in [5.74, 6) is -0.497. The first-order valence-corrected chi connectivity index (χ1v) is 7.34. The van der Waals surface area contributed by atoms with E-state index in [2.05, 4.69) is 15.5 Å². The zero-order valence-corrected chi connectivity index (χ0v) is 12.5. The fourth-order valence-corrected chi connectivity index (χ4v) is 2.95. The van der Waals surface area contributed by atoms with Gasteiger partial charge in [0.15, 0.2) is 10.8 Å². The molecule has 0 radical (unpaired) electrons. The van der Waals surface area contributed by atoms with Crippen LogP contribution in [0.3, 0.4) is 0 Å². The summed E-state index contributed by atoms with van der Waals surface area (Å²) in [4.78, 5) is 11.5. The number of rotatable bonds is 6. The second-order valence-corrected chi connectivity index (χ2v) is 6.08. The van der Waals surface area contributed by atoms with Gasteiger partial charge < -0.3 is 5.11 Å². The first-order valence-electron chi connectivity index (χ1n) is 6.36. The summed E-state index contributed by atoms with van der Waals surface area (Å²) in [6, 6.07) is 5.73. The molecular weight excluding hydrogens is 276 g/mol. The van der Waals surface area contributed by atoms with Crippen LogP contribution >= 0.6 is 11.8 Å². The normalized spacial score (nSPS) is 14.6. The fourth-order valence-electron chi connectivity index (χ4n) is 1.93. The average Bonchev–Trinajstić information content (AvgIpc) is 2.78. The van der Waals surface area contributed by atoms with Crippen molar-refractivity contribution in [3.8, 4) is 0 Å². The Morgan fingerprint density at radius 3 is 2.90 bits per heavy atom. The highest BCUT2D eigenvalue weighted by Crippen LogP contribution is 2.22. The van der Waals surface area contributed by atoms with Gasteiger partial charge in [0.2, 0.25) is 0 Å². The van der Waals surface area contributed by atoms with E-state index in [4.69, 9.17) is 0 Å². The predicted octanol–water partition coefficient (Wildman–Crippen LogP) is 1.66. The summed E-state index contributed by atoms with van der Waals surface area (Å²) in [7, 11) is 0. The van der Waals surface area contributed by atoms with Gasteiger partial charge in [0.05, 0.1) is 0 Å². The Labute approximate surface area is 121 Å². The molecule has 0 aromatic carbocycles. The maximum atomic E-state index is 11.5. The quantitative estimate of drug-likeness (QED) is 0.789. The second-order valence-electron chi connectivity index (χ2n) is 5.14. The number of carbonyl (C=O) groups is 1. The summed E-state index contributed by atoms with van der Waals surface area (Å²) in [6.45, 7) is 5.54. The van der Waals surface area contributed by atoms with Crippen molar-refractivity contribution in [2.45, 2.75) is 37.5 Å². The van der Waals surface area contributed by atoms with Crippen LogP contribution in [-0.4, -0.2) is 43.0 Å². The minimum absolute atomic E-state index is 0.0897. The van der Waals surface area contributed by atoms with Gasteiger partial charge in [0.1, 0.15) is 5.54 Å². The molecule has 7 heteroatoms. The van der Waals surface area contributed by atoms with E-state index >= 15 is 0 Å². The molecular formula is C13H18N4O2S. The molecule has 0 saturated carbocycles. The highest BCUT2D eigenvalue weighted by molar-refractivity contribution is 7.99. The number of fused-ring (bicyclic) bond motifs is 1. The van der Waals surface area contributed by atoms with Crippen LogP contribution in [0, 0.1) is 0 Å². The van der Waals surface area contributed by atoms with Crippen molar-refractivity contribution in [1.29, 1.82) is 0 Å². The van der Waals surface area contributed by atoms with Gasteiger partial charge >= 0.3 is 5.97 Å². The number of nitrogens with zero attached hydrogens (tertiary/aromatic N) is 3. The highest BCUT2D eigenvalue weighted by atomic mass is 32.2. The molecule has 6 nitrogen and oxygen atoms in total. The lowest BCUT2D eigenvalue weighted by molar-refractivity contribution is -0.143. The van der Waals surface area contributed by atoms with Crippen molar-refractivity contribution in [2.24, 2.45) is 0 Å². The third-order valence-corrected chi connectivity index (χ3v) is 4.11. The lowest BCUT2D eigenvalue weighted by atomic mass is 10.1. The van der Waals surface area contributed by atoms with Crippen LogP contribution in [-0.2, 0) is 4.79 Å². The van der Waals surface area contributed by atoms with E-state index in [9.17, 15) is 9.90 Å². The summed E-state index contributed by atoms with van der Waals surface area (Å²) in [5, 5.41) is 21.3. The molecule has 0 aliphatic carbocycles. The molecule has 2 aromatic heterocycles. The molecule has 20 heavy (non-hydrogen) atoms. The third-order valence-electron chi connectivity index (χ3n) is 2.85. The molecule has 2 heterocycles. The minimum atomic E-state index is -1.00. The number of pyridine rings is 1. The monoisotopic (exact) mass is 294 g/mol. The van der Waals surface area contributed by atoms with Crippen molar-refractivity contribution in [3.05, 3.63) is 24.4 Å². The number of aliphatic carboxylic acids is 1. The summed E-state index contributed by atoms with van der Waals surface area (Å²) in [6.07, 6.45) is 1.87. The van der Waals surface area contributed by atoms with Crippen molar-refractivity contribution >= 4 is 23.4 Å². The van der Waals surface area contributed by atoms with Gasteiger partial charge in [-0.2, -0.15) is 0 Å². The van der Waals surface area contributed by atoms with Gasteiger partial charge in [-0.15, -0.1) is 10.2 Å². The summed E-state index contributed by atoms with van der Waals surface area (Å²) >= 11 is 1.38. The lowest BCUT2D eigenvalue weighted by Gasteiger charge is -2.27. The predicted molar refractivity (Wildman–Crippen MR) is 78.0 cm³/mol. The van der Waals surface area contributed by atoms with Gasteiger partial charge in [-0.05, 0) is 32.9 Å². The SMILES string of the molecule is CC(C)NC(C)(CSc1nnc2ccccn12)C(=O)O. The minimum Gasteiger partial charge on any atom is -0.480 e. The van der Waals surface area contributed by atoms with Crippen molar-refractivity contribution in [1.82, 2.24) is 19.9 Å². The second kappa shape index (κ2) is 5.80. The van der Waals surface area contributed by atoms with E-state index < -0.39 is 11.5 Å².